The summed E-state index contributed by atoms with van der Waals surface area (Å²) in [6.45, 7) is 6.23. The van der Waals surface area contributed by atoms with E-state index >= 15 is 0 Å². The molecule has 0 aromatic carbocycles. The van der Waals surface area contributed by atoms with Crippen molar-refractivity contribution in [2.45, 2.75) is 39.2 Å². The molecule has 1 saturated heterocycles. The molecule has 1 aliphatic rings. The van der Waals surface area contributed by atoms with E-state index in [-0.39, 0.29) is 6.10 Å². The Hall–Kier alpha value is -1.36. The predicted octanol–water partition coefficient (Wildman–Crippen LogP) is 2.17. The molecule has 1 atom stereocenters. The highest BCUT2D eigenvalue weighted by molar-refractivity contribution is 5.44. The van der Waals surface area contributed by atoms with Gasteiger partial charge in [-0.2, -0.15) is 0 Å². The second-order valence-electron chi connectivity index (χ2n) is 6.65. The summed E-state index contributed by atoms with van der Waals surface area (Å²) in [5.41, 5.74) is 0. The molecule has 1 aromatic heterocycles. The van der Waals surface area contributed by atoms with Gasteiger partial charge < -0.3 is 14.9 Å². The molecular formula is C16H28N4O. The van der Waals surface area contributed by atoms with Crippen LogP contribution in [0.3, 0.4) is 0 Å². The molecule has 0 amide bonds. The second-order valence-corrected chi connectivity index (χ2v) is 6.65. The van der Waals surface area contributed by atoms with Crippen LogP contribution >= 0.6 is 0 Å². The van der Waals surface area contributed by atoms with Crippen LogP contribution in [0.15, 0.2) is 12.4 Å². The summed E-state index contributed by atoms with van der Waals surface area (Å²) in [6, 6.07) is 0. The van der Waals surface area contributed by atoms with Crippen LogP contribution in [-0.4, -0.2) is 48.4 Å². The molecule has 1 N–H and O–H groups in total. The monoisotopic (exact) mass is 292 g/mol. The van der Waals surface area contributed by atoms with Gasteiger partial charge in [0.15, 0.2) is 0 Å². The van der Waals surface area contributed by atoms with Crippen LogP contribution < -0.4 is 9.80 Å². The molecule has 0 radical (unpaired) electrons. The smallest absolute Gasteiger partial charge is 0.149 e. The van der Waals surface area contributed by atoms with Crippen molar-refractivity contribution in [3.05, 3.63) is 12.4 Å². The summed E-state index contributed by atoms with van der Waals surface area (Å²) < 4.78 is 0. The largest absolute Gasteiger partial charge is 0.393 e. The van der Waals surface area contributed by atoms with E-state index in [1.165, 1.54) is 0 Å². The summed E-state index contributed by atoms with van der Waals surface area (Å²) >= 11 is 0. The average Bonchev–Trinajstić information content (AvgIpc) is 2.47. The highest BCUT2D eigenvalue weighted by atomic mass is 16.3. The second kappa shape index (κ2) is 7.07. The lowest BCUT2D eigenvalue weighted by Crippen LogP contribution is -2.38. The molecule has 118 valence electrons. The van der Waals surface area contributed by atoms with Gasteiger partial charge in [0.1, 0.15) is 11.6 Å². The minimum atomic E-state index is -0.161. The fourth-order valence-electron chi connectivity index (χ4n) is 2.90. The molecule has 5 nitrogen and oxygen atoms in total. The Morgan fingerprint density at radius 1 is 1.29 bits per heavy atom. The molecule has 1 aliphatic heterocycles. The number of aromatic nitrogens is 2. The number of aliphatic hydroxyl groups is 1. The number of aliphatic hydroxyl groups excluding tert-OH is 1. The molecule has 1 fully saturated rings. The zero-order chi connectivity index (χ0) is 15.4. The lowest BCUT2D eigenvalue weighted by molar-refractivity contribution is 0.0734. The molecule has 0 spiro atoms. The van der Waals surface area contributed by atoms with Gasteiger partial charge in [0, 0.05) is 27.2 Å². The molecule has 2 rings (SSSR count). The predicted molar refractivity (Wildman–Crippen MR) is 86.8 cm³/mol. The molecule has 2 heterocycles. The molecule has 0 aliphatic carbocycles. The normalized spacial score (nSPS) is 18.1. The van der Waals surface area contributed by atoms with Crippen molar-refractivity contribution in [2.24, 2.45) is 11.8 Å². The van der Waals surface area contributed by atoms with Gasteiger partial charge in [0.25, 0.3) is 0 Å². The average molecular weight is 292 g/mol. The highest BCUT2D eigenvalue weighted by Gasteiger charge is 2.26. The first kappa shape index (κ1) is 16.0. The van der Waals surface area contributed by atoms with Gasteiger partial charge >= 0.3 is 0 Å². The number of hydrogen-bond acceptors (Lipinski definition) is 5. The first-order chi connectivity index (χ1) is 9.97. The van der Waals surface area contributed by atoms with Crippen LogP contribution in [-0.2, 0) is 0 Å². The van der Waals surface area contributed by atoms with E-state index < -0.39 is 0 Å². The molecule has 21 heavy (non-hydrogen) atoms. The van der Waals surface area contributed by atoms with Crippen molar-refractivity contribution in [1.29, 1.82) is 0 Å². The van der Waals surface area contributed by atoms with E-state index in [0.717, 1.165) is 44.0 Å². The number of hydrogen-bond donors (Lipinski definition) is 1. The zero-order valence-corrected chi connectivity index (χ0v) is 13.7. The van der Waals surface area contributed by atoms with Crippen LogP contribution in [0.1, 0.15) is 33.1 Å². The summed E-state index contributed by atoms with van der Waals surface area (Å²) in [7, 11) is 3.95. The third-order valence-corrected chi connectivity index (χ3v) is 4.19. The van der Waals surface area contributed by atoms with Gasteiger partial charge in [0.05, 0.1) is 18.5 Å². The van der Waals surface area contributed by atoms with Crippen molar-refractivity contribution < 1.29 is 5.11 Å². The molecular weight excluding hydrogens is 264 g/mol. The fraction of sp³-hybridized carbons (Fsp3) is 0.750. The number of nitrogens with zero attached hydrogens (tertiary/aromatic N) is 4. The summed E-state index contributed by atoms with van der Waals surface area (Å²) in [5.74, 6) is 2.81. The quantitative estimate of drug-likeness (QED) is 0.901. The Labute approximate surface area is 128 Å². The first-order valence-electron chi connectivity index (χ1n) is 7.89. The summed E-state index contributed by atoms with van der Waals surface area (Å²) in [4.78, 5) is 13.2. The third-order valence-electron chi connectivity index (χ3n) is 4.19. The Morgan fingerprint density at radius 3 is 2.52 bits per heavy atom. The minimum Gasteiger partial charge on any atom is -0.393 e. The first-order valence-corrected chi connectivity index (χ1v) is 7.89. The molecule has 0 unspecified atom stereocenters. The van der Waals surface area contributed by atoms with Gasteiger partial charge in [-0.25, -0.2) is 4.98 Å². The van der Waals surface area contributed by atoms with Gasteiger partial charge in [-0.15, -0.1) is 0 Å². The molecule has 0 bridgehead atoms. The van der Waals surface area contributed by atoms with Crippen molar-refractivity contribution in [1.82, 2.24) is 9.97 Å². The molecule has 1 aromatic rings. The van der Waals surface area contributed by atoms with Gasteiger partial charge in [0.2, 0.25) is 0 Å². The summed E-state index contributed by atoms with van der Waals surface area (Å²) in [5, 5.41) is 10.3. The maximum absolute atomic E-state index is 10.3. The van der Waals surface area contributed by atoms with Gasteiger partial charge in [-0.05, 0) is 31.1 Å². The van der Waals surface area contributed by atoms with E-state index in [9.17, 15) is 5.11 Å². The SMILES string of the molecule is CC(C)C[C@@H](O)C1CCN(c2cncc(N(C)C)n2)CC1. The van der Waals surface area contributed by atoms with Crippen LogP contribution in [0, 0.1) is 11.8 Å². The zero-order valence-electron chi connectivity index (χ0n) is 13.7. The maximum Gasteiger partial charge on any atom is 0.149 e. The fourth-order valence-corrected chi connectivity index (χ4v) is 2.90. The van der Waals surface area contributed by atoms with Crippen molar-refractivity contribution in [3.63, 3.8) is 0 Å². The van der Waals surface area contributed by atoms with Crippen molar-refractivity contribution in [2.75, 3.05) is 37.0 Å². The number of rotatable bonds is 5. The van der Waals surface area contributed by atoms with Crippen LogP contribution in [0.4, 0.5) is 11.6 Å². The minimum absolute atomic E-state index is 0.161. The van der Waals surface area contributed by atoms with E-state index in [1.807, 2.05) is 25.2 Å². The van der Waals surface area contributed by atoms with E-state index in [4.69, 9.17) is 0 Å². The third kappa shape index (κ3) is 4.30. The number of piperidine rings is 1. The lowest BCUT2D eigenvalue weighted by atomic mass is 9.87. The molecule has 0 saturated carbocycles. The van der Waals surface area contributed by atoms with E-state index in [1.54, 1.807) is 6.20 Å². The van der Waals surface area contributed by atoms with E-state index in [0.29, 0.717) is 11.8 Å². The maximum atomic E-state index is 10.3. The van der Waals surface area contributed by atoms with Crippen LogP contribution in [0.5, 0.6) is 0 Å². The van der Waals surface area contributed by atoms with E-state index in [2.05, 4.69) is 28.7 Å². The van der Waals surface area contributed by atoms with Crippen LogP contribution in [0.25, 0.3) is 0 Å². The van der Waals surface area contributed by atoms with Crippen LogP contribution in [0.2, 0.25) is 0 Å². The van der Waals surface area contributed by atoms with Crippen molar-refractivity contribution in [3.8, 4) is 0 Å². The Morgan fingerprint density at radius 2 is 1.95 bits per heavy atom. The van der Waals surface area contributed by atoms with Crippen molar-refractivity contribution >= 4 is 11.6 Å². The lowest BCUT2D eigenvalue weighted by Gasteiger charge is -2.35. The Bertz CT molecular complexity index is 442. The van der Waals surface area contributed by atoms with Gasteiger partial charge in [-0.1, -0.05) is 13.8 Å². The summed E-state index contributed by atoms with van der Waals surface area (Å²) in [6.07, 6.45) is 6.41. The topological polar surface area (TPSA) is 52.5 Å². The molecule has 5 heteroatoms. The van der Waals surface area contributed by atoms with Gasteiger partial charge in [-0.3, -0.25) is 4.98 Å². The highest BCUT2D eigenvalue weighted by Crippen LogP contribution is 2.27. The number of anilines is 2. The Kier molecular flexibility index (Phi) is 5.39. The Balaban J connectivity index is 1.93. The standard InChI is InChI=1S/C16H28N4O/c1-12(2)9-14(21)13-5-7-20(8-6-13)16-11-17-10-15(18-16)19(3)4/h10-14,21H,5-9H2,1-4H3/t14-/m1/s1.